The van der Waals surface area contributed by atoms with Crippen molar-refractivity contribution in [2.75, 3.05) is 0 Å². The molecule has 3 heteroatoms. The van der Waals surface area contributed by atoms with Gasteiger partial charge in [0.2, 0.25) is 7.29 Å². The molecule has 1 aliphatic rings. The van der Waals surface area contributed by atoms with Crippen LogP contribution in [-0.2, 0) is 4.57 Å². The monoisotopic (exact) mass is 323 g/mol. The van der Waals surface area contributed by atoms with Gasteiger partial charge in [0.05, 0.1) is 0 Å². The third-order valence-corrected chi connectivity index (χ3v) is 6.69. The van der Waals surface area contributed by atoms with E-state index in [1.807, 2.05) is 60.7 Å². The Labute approximate surface area is 138 Å². The molecule has 0 amide bonds. The highest BCUT2D eigenvalue weighted by molar-refractivity contribution is 7.77. The van der Waals surface area contributed by atoms with Crippen LogP contribution in [0.15, 0.2) is 77.1 Å². The molecule has 0 fully saturated rings. The Morgan fingerprint density at radius 3 is 1.91 bits per heavy atom. The zero-order chi connectivity index (χ0) is 16.3. The van der Waals surface area contributed by atoms with Crippen LogP contribution in [0.4, 0.5) is 0 Å². The maximum Gasteiger partial charge on any atom is 0.247 e. The van der Waals surface area contributed by atoms with Gasteiger partial charge in [0.15, 0.2) is 0 Å². The topological polar surface area (TPSA) is 29.4 Å². The first-order valence-electron chi connectivity index (χ1n) is 8.12. The Morgan fingerprint density at radius 2 is 1.43 bits per heavy atom. The summed E-state index contributed by atoms with van der Waals surface area (Å²) in [5, 5.41) is 1.60. The number of hydrogen-bond acceptors (Lipinski definition) is 1. The van der Waals surface area contributed by atoms with E-state index in [1.165, 1.54) is 5.57 Å². The van der Waals surface area contributed by atoms with Crippen LogP contribution in [0.2, 0.25) is 0 Å². The van der Waals surface area contributed by atoms with Crippen LogP contribution in [-0.4, -0.2) is 5.71 Å². The van der Waals surface area contributed by atoms with Crippen LogP contribution in [0.5, 0.6) is 0 Å². The first-order valence-corrected chi connectivity index (χ1v) is 9.78. The molecule has 2 aromatic carbocycles. The van der Waals surface area contributed by atoms with Crippen molar-refractivity contribution in [1.82, 2.24) is 0 Å². The van der Waals surface area contributed by atoms with Gasteiger partial charge >= 0.3 is 0 Å². The fraction of sp³-hybridized carbons (Fsp3) is 0.250. The number of allylic oxidation sites excluding steroid dienone is 2. The standard InChI is InChI=1S/C20H22NOP/c1-16(2)19-14-9-15-20(19)21-23(22,17-10-5-3-6-11-17)18-12-7-4-8-13-18/h3-8,10-14,16H,9,15H2,1-2H3/b21-20+. The van der Waals surface area contributed by atoms with Gasteiger partial charge in [-0.3, -0.25) is 4.57 Å². The van der Waals surface area contributed by atoms with E-state index in [2.05, 4.69) is 19.9 Å². The minimum Gasteiger partial charge on any atom is -0.288 e. The van der Waals surface area contributed by atoms with Gasteiger partial charge < -0.3 is 0 Å². The number of rotatable bonds is 4. The van der Waals surface area contributed by atoms with Crippen molar-refractivity contribution < 1.29 is 4.57 Å². The largest absolute Gasteiger partial charge is 0.288 e. The van der Waals surface area contributed by atoms with Crippen molar-refractivity contribution in [1.29, 1.82) is 0 Å². The van der Waals surface area contributed by atoms with Crippen LogP contribution >= 0.6 is 7.29 Å². The van der Waals surface area contributed by atoms with E-state index in [9.17, 15) is 4.57 Å². The van der Waals surface area contributed by atoms with E-state index in [1.54, 1.807) is 0 Å². The molecule has 2 aromatic rings. The average Bonchev–Trinajstić information content (AvgIpc) is 3.04. The molecule has 3 rings (SSSR count). The van der Waals surface area contributed by atoms with Crippen LogP contribution < -0.4 is 10.6 Å². The lowest BCUT2D eigenvalue weighted by molar-refractivity contribution is 0.588. The first-order chi connectivity index (χ1) is 11.1. The highest BCUT2D eigenvalue weighted by atomic mass is 31.2. The lowest BCUT2D eigenvalue weighted by Crippen LogP contribution is -2.16. The summed E-state index contributed by atoms with van der Waals surface area (Å²) in [5.74, 6) is 0.413. The lowest BCUT2D eigenvalue weighted by Gasteiger charge is -2.17. The third-order valence-electron chi connectivity index (χ3n) is 4.17. The maximum absolute atomic E-state index is 13.9. The molecule has 0 saturated carbocycles. The first kappa shape index (κ1) is 16.0. The van der Waals surface area contributed by atoms with Crippen LogP contribution in [0.3, 0.4) is 0 Å². The second-order valence-electron chi connectivity index (χ2n) is 6.15. The Hall–Kier alpha value is -1.92. The molecule has 0 saturated heterocycles. The van der Waals surface area contributed by atoms with Gasteiger partial charge in [0, 0.05) is 16.3 Å². The molecule has 0 spiro atoms. The van der Waals surface area contributed by atoms with E-state index in [4.69, 9.17) is 4.76 Å². The predicted molar refractivity (Wildman–Crippen MR) is 99.3 cm³/mol. The minimum atomic E-state index is -3.00. The van der Waals surface area contributed by atoms with Gasteiger partial charge in [0.25, 0.3) is 0 Å². The molecule has 2 nitrogen and oxygen atoms in total. The number of benzene rings is 2. The molecule has 23 heavy (non-hydrogen) atoms. The van der Waals surface area contributed by atoms with E-state index in [-0.39, 0.29) is 0 Å². The second-order valence-corrected chi connectivity index (χ2v) is 8.53. The van der Waals surface area contributed by atoms with Crippen molar-refractivity contribution in [2.45, 2.75) is 26.7 Å². The number of nitrogens with zero attached hydrogens (tertiary/aromatic N) is 1. The molecule has 118 valence electrons. The van der Waals surface area contributed by atoms with Crippen molar-refractivity contribution in [3.8, 4) is 0 Å². The van der Waals surface area contributed by atoms with Gasteiger partial charge in [-0.2, -0.15) is 0 Å². The number of hydrogen-bond donors (Lipinski definition) is 0. The Kier molecular flexibility index (Phi) is 4.63. The fourth-order valence-electron chi connectivity index (χ4n) is 3.00. The Bertz CT molecular complexity index is 732. The molecule has 0 unspecified atom stereocenters. The molecule has 0 bridgehead atoms. The zero-order valence-electron chi connectivity index (χ0n) is 13.6. The van der Waals surface area contributed by atoms with E-state index in [0.717, 1.165) is 29.2 Å². The molecular weight excluding hydrogens is 301 g/mol. The summed E-state index contributed by atoms with van der Waals surface area (Å²) in [7, 11) is -3.00. The summed E-state index contributed by atoms with van der Waals surface area (Å²) in [4.78, 5) is 0. The highest BCUT2D eigenvalue weighted by Crippen LogP contribution is 2.46. The second kappa shape index (κ2) is 6.68. The normalized spacial score (nSPS) is 16.8. The predicted octanol–water partition coefficient (Wildman–Crippen LogP) is 4.73. The fourth-order valence-corrected chi connectivity index (χ4v) is 5.23. The summed E-state index contributed by atoms with van der Waals surface area (Å²) in [5.41, 5.74) is 2.26. The molecule has 0 N–H and O–H groups in total. The van der Waals surface area contributed by atoms with Crippen LogP contribution in [0.25, 0.3) is 0 Å². The Morgan fingerprint density at radius 1 is 0.913 bits per heavy atom. The molecule has 0 radical (unpaired) electrons. The van der Waals surface area contributed by atoms with E-state index >= 15 is 0 Å². The molecular formula is C20H22NOP. The highest BCUT2D eigenvalue weighted by Gasteiger charge is 2.29. The molecule has 0 aromatic heterocycles. The Balaban J connectivity index is 2.15. The van der Waals surface area contributed by atoms with Gasteiger partial charge in [-0.05, 0) is 48.6 Å². The van der Waals surface area contributed by atoms with Crippen molar-refractivity contribution >= 4 is 23.6 Å². The summed E-state index contributed by atoms with van der Waals surface area (Å²) in [6.45, 7) is 4.34. The average molecular weight is 323 g/mol. The summed E-state index contributed by atoms with van der Waals surface area (Å²) < 4.78 is 18.8. The van der Waals surface area contributed by atoms with Gasteiger partial charge in [-0.1, -0.05) is 56.3 Å². The zero-order valence-corrected chi connectivity index (χ0v) is 14.5. The quantitative estimate of drug-likeness (QED) is 0.748. The van der Waals surface area contributed by atoms with Crippen molar-refractivity contribution in [2.24, 2.45) is 10.7 Å². The minimum absolute atomic E-state index is 0.413. The SMILES string of the molecule is CC(C)C1=CCC/C1=N\P(=O)(c1ccccc1)c1ccccc1. The van der Waals surface area contributed by atoms with E-state index < -0.39 is 7.29 Å². The van der Waals surface area contributed by atoms with Crippen molar-refractivity contribution in [3.63, 3.8) is 0 Å². The van der Waals surface area contributed by atoms with Crippen molar-refractivity contribution in [3.05, 3.63) is 72.3 Å². The smallest absolute Gasteiger partial charge is 0.247 e. The maximum atomic E-state index is 13.9. The third kappa shape index (κ3) is 3.23. The van der Waals surface area contributed by atoms with Gasteiger partial charge in [-0.25, -0.2) is 4.76 Å². The van der Waals surface area contributed by atoms with Crippen LogP contribution in [0, 0.1) is 5.92 Å². The molecule has 1 aliphatic carbocycles. The summed E-state index contributed by atoms with van der Waals surface area (Å²) in [6, 6.07) is 19.3. The van der Waals surface area contributed by atoms with E-state index in [0.29, 0.717) is 5.92 Å². The summed E-state index contributed by atoms with van der Waals surface area (Å²) in [6.07, 6.45) is 4.12. The van der Waals surface area contributed by atoms with Gasteiger partial charge in [-0.15, -0.1) is 0 Å². The lowest BCUT2D eigenvalue weighted by atomic mass is 10.0. The molecule has 0 heterocycles. The van der Waals surface area contributed by atoms with Gasteiger partial charge in [0.1, 0.15) is 0 Å². The molecule has 0 atom stereocenters. The summed E-state index contributed by atoms with van der Waals surface area (Å²) >= 11 is 0. The molecule has 0 aliphatic heterocycles. The van der Waals surface area contributed by atoms with Crippen LogP contribution in [0.1, 0.15) is 26.7 Å².